The number of nitrogens with zero attached hydrogens (tertiary/aromatic N) is 1. The fourth-order valence-corrected chi connectivity index (χ4v) is 4.03. The largest absolute Gasteiger partial charge is 0.496 e. The number of hydrogen-bond donors (Lipinski definition) is 0. The molecule has 0 bridgehead atoms. The highest BCUT2D eigenvalue weighted by Crippen LogP contribution is 2.28. The minimum atomic E-state index is -4.12. The summed E-state index contributed by atoms with van der Waals surface area (Å²) in [6, 6.07) is 15.0. The lowest BCUT2D eigenvalue weighted by atomic mass is 10.2. The van der Waals surface area contributed by atoms with Crippen molar-refractivity contribution in [2.75, 3.05) is 7.11 Å². The van der Waals surface area contributed by atoms with Crippen molar-refractivity contribution in [3.63, 3.8) is 0 Å². The van der Waals surface area contributed by atoms with Gasteiger partial charge in [0.1, 0.15) is 22.2 Å². The first-order valence-electron chi connectivity index (χ1n) is 9.42. The van der Waals surface area contributed by atoms with Gasteiger partial charge in [0.05, 0.1) is 12.7 Å². The molecule has 4 rings (SSSR count). The van der Waals surface area contributed by atoms with Crippen LogP contribution in [0.3, 0.4) is 0 Å². The Morgan fingerprint density at radius 3 is 2.39 bits per heavy atom. The van der Waals surface area contributed by atoms with Crippen molar-refractivity contribution in [2.24, 2.45) is 4.99 Å². The number of methoxy groups -OCH3 is 1. The number of cyclic esters (lactones) is 1. The molecule has 0 fully saturated rings. The third-order valence-corrected chi connectivity index (χ3v) is 6.00. The van der Waals surface area contributed by atoms with Crippen LogP contribution in [0.4, 0.5) is 4.39 Å². The zero-order valence-electron chi connectivity index (χ0n) is 17.0. The number of rotatable bonds is 6. The summed E-state index contributed by atoms with van der Waals surface area (Å²) in [4.78, 5) is 16.3. The molecule has 0 aromatic heterocycles. The molecule has 0 atom stereocenters. The second-order valence-electron chi connectivity index (χ2n) is 6.74. The van der Waals surface area contributed by atoms with E-state index in [1.807, 2.05) is 0 Å². The van der Waals surface area contributed by atoms with Crippen LogP contribution in [-0.2, 0) is 19.6 Å². The zero-order chi connectivity index (χ0) is 23.6. The lowest BCUT2D eigenvalue weighted by molar-refractivity contribution is -0.129. The predicted molar refractivity (Wildman–Crippen MR) is 119 cm³/mol. The molecular formula is C23H15ClFNO6S. The molecule has 0 amide bonds. The summed E-state index contributed by atoms with van der Waals surface area (Å²) in [5, 5.41) is 0.424. The number of carbonyl (C=O) groups excluding carboxylic acids is 1. The third kappa shape index (κ3) is 5.05. The SMILES string of the molecule is COc1ccc(Cl)cc1C1=N/C(=C\c2ccc(OS(=O)(=O)c3ccc(F)cc3)cc2)C(=O)O1. The lowest BCUT2D eigenvalue weighted by Crippen LogP contribution is -2.09. The number of ether oxygens (including phenoxy) is 2. The molecule has 3 aromatic carbocycles. The van der Waals surface area contributed by atoms with Crippen LogP contribution in [-0.4, -0.2) is 27.4 Å². The quantitative estimate of drug-likeness (QED) is 0.287. The van der Waals surface area contributed by atoms with E-state index in [0.717, 1.165) is 24.3 Å². The van der Waals surface area contributed by atoms with Gasteiger partial charge in [-0.2, -0.15) is 8.42 Å². The van der Waals surface area contributed by atoms with Crippen LogP contribution in [0.1, 0.15) is 11.1 Å². The maximum Gasteiger partial charge on any atom is 0.363 e. The van der Waals surface area contributed by atoms with Gasteiger partial charge in [0.15, 0.2) is 5.70 Å². The Bertz CT molecular complexity index is 1380. The summed E-state index contributed by atoms with van der Waals surface area (Å²) >= 11 is 6.02. The van der Waals surface area contributed by atoms with E-state index in [-0.39, 0.29) is 22.2 Å². The molecule has 0 spiro atoms. The van der Waals surface area contributed by atoms with Gasteiger partial charge in [-0.25, -0.2) is 14.2 Å². The Morgan fingerprint density at radius 2 is 1.73 bits per heavy atom. The molecule has 1 aliphatic heterocycles. The Hall–Kier alpha value is -3.69. The van der Waals surface area contributed by atoms with E-state index in [1.54, 1.807) is 30.3 Å². The summed E-state index contributed by atoms with van der Waals surface area (Å²) in [6.07, 6.45) is 1.48. The smallest absolute Gasteiger partial charge is 0.363 e. The predicted octanol–water partition coefficient (Wildman–Crippen LogP) is 4.60. The second-order valence-corrected chi connectivity index (χ2v) is 8.72. The number of esters is 1. The molecule has 10 heteroatoms. The van der Waals surface area contributed by atoms with Crippen LogP contribution < -0.4 is 8.92 Å². The normalized spacial score (nSPS) is 14.7. The molecular weight excluding hydrogens is 473 g/mol. The Morgan fingerprint density at radius 1 is 1.03 bits per heavy atom. The van der Waals surface area contributed by atoms with Crippen molar-refractivity contribution in [3.8, 4) is 11.5 Å². The molecule has 1 aliphatic rings. The molecule has 0 unspecified atom stereocenters. The Labute approximate surface area is 193 Å². The van der Waals surface area contributed by atoms with E-state index in [0.29, 0.717) is 21.9 Å². The fraction of sp³-hybridized carbons (Fsp3) is 0.0435. The summed E-state index contributed by atoms with van der Waals surface area (Å²) in [7, 11) is -2.65. The molecule has 1 heterocycles. The van der Waals surface area contributed by atoms with Crippen molar-refractivity contribution < 1.29 is 31.3 Å². The minimum absolute atomic E-state index is 0.0413. The van der Waals surface area contributed by atoms with Gasteiger partial charge in [0.25, 0.3) is 0 Å². The summed E-state index contributed by atoms with van der Waals surface area (Å²) in [5.41, 5.74) is 1.02. The van der Waals surface area contributed by atoms with Crippen LogP contribution in [0.25, 0.3) is 6.08 Å². The monoisotopic (exact) mass is 487 g/mol. The number of benzene rings is 3. The summed E-state index contributed by atoms with van der Waals surface area (Å²) in [6.45, 7) is 0. The lowest BCUT2D eigenvalue weighted by Gasteiger charge is -2.07. The van der Waals surface area contributed by atoms with E-state index in [1.165, 1.54) is 25.3 Å². The average Bonchev–Trinajstić information content (AvgIpc) is 3.15. The molecule has 33 heavy (non-hydrogen) atoms. The van der Waals surface area contributed by atoms with Crippen LogP contribution in [0.2, 0.25) is 5.02 Å². The molecule has 0 aliphatic carbocycles. The maximum absolute atomic E-state index is 13.0. The van der Waals surface area contributed by atoms with E-state index in [2.05, 4.69) is 4.99 Å². The van der Waals surface area contributed by atoms with Gasteiger partial charge in [0, 0.05) is 5.02 Å². The van der Waals surface area contributed by atoms with E-state index < -0.39 is 21.9 Å². The van der Waals surface area contributed by atoms with Crippen molar-refractivity contribution in [1.82, 2.24) is 0 Å². The summed E-state index contributed by atoms with van der Waals surface area (Å²) in [5.74, 6) is -0.682. The number of carbonyl (C=O) groups is 1. The topological polar surface area (TPSA) is 91.3 Å². The molecule has 0 N–H and O–H groups in total. The van der Waals surface area contributed by atoms with Gasteiger partial charge in [0.2, 0.25) is 5.90 Å². The van der Waals surface area contributed by atoms with E-state index in [4.69, 9.17) is 25.3 Å². The molecule has 0 saturated carbocycles. The fourth-order valence-electron chi connectivity index (χ4n) is 2.93. The third-order valence-electron chi connectivity index (χ3n) is 4.50. The van der Waals surface area contributed by atoms with Crippen LogP contribution >= 0.6 is 11.6 Å². The van der Waals surface area contributed by atoms with E-state index in [9.17, 15) is 17.6 Å². The van der Waals surface area contributed by atoms with Gasteiger partial charge < -0.3 is 13.7 Å². The van der Waals surface area contributed by atoms with Gasteiger partial charge in [-0.05, 0) is 66.2 Å². The first-order valence-corrected chi connectivity index (χ1v) is 11.2. The van der Waals surface area contributed by atoms with E-state index >= 15 is 0 Å². The Balaban J connectivity index is 1.55. The van der Waals surface area contributed by atoms with Gasteiger partial charge in [-0.15, -0.1) is 0 Å². The summed E-state index contributed by atoms with van der Waals surface area (Å²) < 4.78 is 53.2. The molecule has 3 aromatic rings. The van der Waals surface area contributed by atoms with Crippen molar-refractivity contribution >= 4 is 39.7 Å². The molecule has 7 nitrogen and oxygen atoms in total. The van der Waals surface area contributed by atoms with Crippen LogP contribution in [0.15, 0.2) is 82.3 Å². The molecule has 168 valence electrons. The maximum atomic E-state index is 13.0. The number of halogens is 2. The molecule has 0 radical (unpaired) electrons. The van der Waals surface area contributed by atoms with Crippen molar-refractivity contribution in [2.45, 2.75) is 4.90 Å². The molecule has 0 saturated heterocycles. The standard InChI is InChI=1S/C23H15ClFNO6S/c1-30-21-11-4-15(24)13-19(21)22-26-20(23(27)31-22)12-14-2-7-17(8-3-14)32-33(28,29)18-9-5-16(25)6-10-18/h2-13H,1H3/b20-12-. The van der Waals surface area contributed by atoms with Crippen molar-refractivity contribution in [3.05, 3.63) is 94.4 Å². The highest BCUT2D eigenvalue weighted by atomic mass is 35.5. The second kappa shape index (κ2) is 9.05. The highest BCUT2D eigenvalue weighted by Gasteiger charge is 2.26. The number of aliphatic imine (C=N–C) groups is 1. The van der Waals surface area contributed by atoms with Crippen molar-refractivity contribution in [1.29, 1.82) is 0 Å². The first-order chi connectivity index (χ1) is 15.7. The van der Waals surface area contributed by atoms with Gasteiger partial charge in [-0.1, -0.05) is 23.7 Å². The minimum Gasteiger partial charge on any atom is -0.496 e. The van der Waals surface area contributed by atoms with Crippen LogP contribution in [0, 0.1) is 5.82 Å². The highest BCUT2D eigenvalue weighted by molar-refractivity contribution is 7.87. The average molecular weight is 488 g/mol. The van der Waals surface area contributed by atoms with Gasteiger partial charge >= 0.3 is 16.1 Å². The number of hydrogen-bond acceptors (Lipinski definition) is 7. The van der Waals surface area contributed by atoms with Crippen LogP contribution in [0.5, 0.6) is 11.5 Å². The first kappa shape index (κ1) is 22.5. The zero-order valence-corrected chi connectivity index (χ0v) is 18.6. The van der Waals surface area contributed by atoms with Gasteiger partial charge in [-0.3, -0.25) is 0 Å². The Kier molecular flexibility index (Phi) is 6.17.